The van der Waals surface area contributed by atoms with Crippen LogP contribution in [0.15, 0.2) is 12.7 Å². The lowest BCUT2D eigenvalue weighted by molar-refractivity contribution is -0.160. The fraction of sp³-hybridized carbons (Fsp3) is 0.800. The van der Waals surface area contributed by atoms with Gasteiger partial charge in [-0.2, -0.15) is 0 Å². The van der Waals surface area contributed by atoms with Crippen LogP contribution in [-0.2, 0) is 14.3 Å². The van der Waals surface area contributed by atoms with E-state index in [4.69, 9.17) is 9.47 Å². The molecule has 5 nitrogen and oxygen atoms in total. The Bertz CT molecular complexity index is 501. The predicted octanol–water partition coefficient (Wildman–Crippen LogP) is 4.60. The Hall–Kier alpha value is -1.52. The van der Waals surface area contributed by atoms with Crippen molar-refractivity contribution in [3.63, 3.8) is 0 Å². The number of amides is 1. The third kappa shape index (κ3) is 7.09. The molecule has 5 heteroatoms. The number of unbranched alkanes of at least 4 members (excludes halogenated alkanes) is 1. The van der Waals surface area contributed by atoms with Gasteiger partial charge in [0.2, 0.25) is 0 Å². The van der Waals surface area contributed by atoms with Crippen LogP contribution in [0.4, 0.5) is 4.79 Å². The molecule has 1 aliphatic carbocycles. The molecule has 0 aliphatic heterocycles. The van der Waals surface area contributed by atoms with Gasteiger partial charge >= 0.3 is 12.1 Å². The molecule has 0 radical (unpaired) electrons. The van der Waals surface area contributed by atoms with Crippen LogP contribution in [0.1, 0.15) is 74.1 Å². The van der Waals surface area contributed by atoms with Crippen LogP contribution in [0.2, 0.25) is 0 Å². The summed E-state index contributed by atoms with van der Waals surface area (Å²) in [6.45, 7) is 16.8. The van der Waals surface area contributed by atoms with E-state index in [1.165, 1.54) is 0 Å². The number of esters is 1. The highest BCUT2D eigenvalue weighted by atomic mass is 16.6. The van der Waals surface area contributed by atoms with E-state index in [0.717, 1.165) is 25.7 Å². The maximum absolute atomic E-state index is 12.5. The van der Waals surface area contributed by atoms with Crippen molar-refractivity contribution >= 4 is 12.1 Å². The first kappa shape index (κ1) is 21.5. The third-order valence-electron chi connectivity index (χ3n) is 4.41. The molecule has 0 spiro atoms. The molecule has 0 aromatic rings. The minimum Gasteiger partial charge on any atom is -0.458 e. The fourth-order valence-corrected chi connectivity index (χ4v) is 2.82. The molecular formula is C20H35NO4. The highest BCUT2D eigenvalue weighted by Gasteiger charge is 2.53. The third-order valence-corrected chi connectivity index (χ3v) is 4.41. The van der Waals surface area contributed by atoms with Crippen molar-refractivity contribution in [2.45, 2.75) is 91.4 Å². The zero-order chi connectivity index (χ0) is 19.5. The summed E-state index contributed by atoms with van der Waals surface area (Å²) < 4.78 is 11.1. The second-order valence-corrected chi connectivity index (χ2v) is 9.30. The second-order valence-electron chi connectivity index (χ2n) is 9.30. The van der Waals surface area contributed by atoms with Crippen LogP contribution >= 0.6 is 0 Å². The molecular weight excluding hydrogens is 318 g/mol. The van der Waals surface area contributed by atoms with Gasteiger partial charge in [-0.15, -0.1) is 6.58 Å². The van der Waals surface area contributed by atoms with Crippen molar-refractivity contribution in [3.8, 4) is 0 Å². The summed E-state index contributed by atoms with van der Waals surface area (Å²) in [7, 11) is 0. The number of carbonyl (C=O) groups excluding carboxylic acids is 2. The van der Waals surface area contributed by atoms with E-state index in [1.54, 1.807) is 0 Å². The van der Waals surface area contributed by atoms with Gasteiger partial charge in [-0.3, -0.25) is 0 Å². The lowest BCUT2D eigenvalue weighted by Gasteiger charge is -2.32. The molecule has 0 aromatic heterocycles. The largest absolute Gasteiger partial charge is 0.458 e. The average Bonchev–Trinajstić information content (AvgIpc) is 3.02. The van der Waals surface area contributed by atoms with Gasteiger partial charge in [0.15, 0.2) is 0 Å². The van der Waals surface area contributed by atoms with Crippen molar-refractivity contribution in [1.82, 2.24) is 5.32 Å². The standard InChI is InChI=1S/C20H35NO4/c1-9-10-11-12-14-13-20(14,8)25-17(23)21-15(18(2,3)4)16(22)24-19(5,6)7/h9,14-15H,1,10-13H2,2-8H3,(H,21,23)/t14?,15-,20+/m1/s1. The van der Waals surface area contributed by atoms with Gasteiger partial charge in [0.1, 0.15) is 17.2 Å². The van der Waals surface area contributed by atoms with Crippen LogP contribution in [0.25, 0.3) is 0 Å². The van der Waals surface area contributed by atoms with Crippen LogP contribution < -0.4 is 5.32 Å². The maximum atomic E-state index is 12.5. The normalized spacial score (nSPS) is 24.2. The molecule has 1 unspecified atom stereocenters. The molecule has 1 amide bonds. The van der Waals surface area contributed by atoms with Gasteiger partial charge < -0.3 is 14.8 Å². The first-order valence-electron chi connectivity index (χ1n) is 9.12. The lowest BCUT2D eigenvalue weighted by Crippen LogP contribution is -2.52. The summed E-state index contributed by atoms with van der Waals surface area (Å²) in [6.07, 6.45) is 5.26. The van der Waals surface area contributed by atoms with Gasteiger partial charge in [0, 0.05) is 5.92 Å². The smallest absolute Gasteiger partial charge is 0.408 e. The van der Waals surface area contributed by atoms with E-state index in [-0.39, 0.29) is 0 Å². The number of nitrogens with one attached hydrogen (secondary N) is 1. The van der Waals surface area contributed by atoms with Crippen molar-refractivity contribution in [3.05, 3.63) is 12.7 Å². The Balaban J connectivity index is 2.62. The summed E-state index contributed by atoms with van der Waals surface area (Å²) >= 11 is 0. The van der Waals surface area contributed by atoms with Gasteiger partial charge in [0.05, 0.1) is 0 Å². The van der Waals surface area contributed by atoms with Crippen LogP contribution in [0.5, 0.6) is 0 Å². The Morgan fingerprint density at radius 3 is 2.36 bits per heavy atom. The summed E-state index contributed by atoms with van der Waals surface area (Å²) in [4.78, 5) is 24.8. The van der Waals surface area contributed by atoms with Crippen molar-refractivity contribution in [2.75, 3.05) is 0 Å². The molecule has 144 valence electrons. The SMILES string of the molecule is C=CCCCC1C[C@]1(C)OC(=O)N[C@H](C(=O)OC(C)(C)C)C(C)(C)C. The van der Waals surface area contributed by atoms with E-state index in [2.05, 4.69) is 11.9 Å². The molecule has 0 bridgehead atoms. The van der Waals surface area contributed by atoms with Gasteiger partial charge in [-0.25, -0.2) is 9.59 Å². The minimum absolute atomic E-state index is 0.382. The molecule has 1 aliphatic rings. The average molecular weight is 354 g/mol. The second kappa shape index (κ2) is 7.79. The van der Waals surface area contributed by atoms with Crippen molar-refractivity contribution in [1.29, 1.82) is 0 Å². The zero-order valence-corrected chi connectivity index (χ0v) is 16.9. The topological polar surface area (TPSA) is 64.6 Å². The predicted molar refractivity (Wildman–Crippen MR) is 99.3 cm³/mol. The number of alkyl carbamates (subject to hydrolysis) is 1. The summed E-state index contributed by atoms with van der Waals surface area (Å²) in [5.41, 5.74) is -1.51. The summed E-state index contributed by atoms with van der Waals surface area (Å²) in [6, 6.07) is -0.763. The van der Waals surface area contributed by atoms with Crippen molar-refractivity contribution < 1.29 is 19.1 Å². The van der Waals surface area contributed by atoms with Crippen LogP contribution in [-0.4, -0.2) is 29.3 Å². The quantitative estimate of drug-likeness (QED) is 0.412. The molecule has 0 saturated heterocycles. The van der Waals surface area contributed by atoms with E-state index >= 15 is 0 Å². The number of carbonyl (C=O) groups is 2. The van der Waals surface area contributed by atoms with Crippen LogP contribution in [0.3, 0.4) is 0 Å². The highest BCUT2D eigenvalue weighted by Crippen LogP contribution is 2.49. The Morgan fingerprint density at radius 1 is 1.28 bits per heavy atom. The zero-order valence-electron chi connectivity index (χ0n) is 16.9. The first-order valence-corrected chi connectivity index (χ1v) is 9.12. The van der Waals surface area contributed by atoms with E-state index in [1.807, 2.05) is 54.5 Å². The monoisotopic (exact) mass is 353 g/mol. The Morgan fingerprint density at radius 2 is 1.88 bits per heavy atom. The van der Waals surface area contributed by atoms with Crippen molar-refractivity contribution in [2.24, 2.45) is 11.3 Å². The molecule has 3 atom stereocenters. The molecule has 0 heterocycles. The molecule has 1 saturated carbocycles. The van der Waals surface area contributed by atoms with Gasteiger partial charge in [-0.1, -0.05) is 26.8 Å². The summed E-state index contributed by atoms with van der Waals surface area (Å²) in [5, 5.41) is 2.71. The minimum atomic E-state index is -0.763. The van der Waals surface area contributed by atoms with E-state index < -0.39 is 34.7 Å². The number of hydrogen-bond donors (Lipinski definition) is 1. The maximum Gasteiger partial charge on any atom is 0.408 e. The first-order chi connectivity index (χ1) is 11.3. The number of ether oxygens (including phenoxy) is 2. The lowest BCUT2D eigenvalue weighted by atomic mass is 9.86. The molecule has 0 aromatic carbocycles. The van der Waals surface area contributed by atoms with Crippen LogP contribution in [0, 0.1) is 11.3 Å². The number of hydrogen-bond acceptors (Lipinski definition) is 4. The van der Waals surface area contributed by atoms with Gasteiger partial charge in [-0.05, 0) is 58.8 Å². The Kier molecular flexibility index (Phi) is 6.71. The molecule has 25 heavy (non-hydrogen) atoms. The van der Waals surface area contributed by atoms with E-state index in [0.29, 0.717) is 5.92 Å². The summed E-state index contributed by atoms with van der Waals surface area (Å²) in [5.74, 6) is -0.0618. The fourth-order valence-electron chi connectivity index (χ4n) is 2.82. The van der Waals surface area contributed by atoms with E-state index in [9.17, 15) is 9.59 Å². The number of rotatable bonds is 7. The molecule has 1 rings (SSSR count). The molecule has 1 fully saturated rings. The molecule has 1 N–H and O–H groups in total. The van der Waals surface area contributed by atoms with Gasteiger partial charge in [0.25, 0.3) is 0 Å². The number of allylic oxidation sites excluding steroid dienone is 1. The highest BCUT2D eigenvalue weighted by molar-refractivity contribution is 5.82. The Labute approximate surface area is 152 Å².